The summed E-state index contributed by atoms with van der Waals surface area (Å²) in [4.78, 5) is 25.2. The number of urea groups is 1. The fourth-order valence-electron chi connectivity index (χ4n) is 3.35. The number of hydrogen-bond acceptors (Lipinski definition) is 2. The van der Waals surface area contributed by atoms with Crippen LogP contribution < -0.4 is 5.32 Å². The molecule has 2 amide bonds. The molecule has 1 saturated carbocycles. The Kier molecular flexibility index (Phi) is 5.86. The van der Waals surface area contributed by atoms with Crippen LogP contribution in [0.15, 0.2) is 30.3 Å². The summed E-state index contributed by atoms with van der Waals surface area (Å²) in [5.41, 5.74) is 1.41. The molecule has 1 aromatic rings. The lowest BCUT2D eigenvalue weighted by atomic mass is 9.68. The van der Waals surface area contributed by atoms with Crippen LogP contribution in [0.1, 0.15) is 45.1 Å². The molecule has 1 aromatic carbocycles. The molecule has 0 radical (unpaired) electrons. The summed E-state index contributed by atoms with van der Waals surface area (Å²) in [5, 5.41) is 12.0. The van der Waals surface area contributed by atoms with Gasteiger partial charge in [-0.15, -0.1) is 0 Å². The molecule has 2 rings (SSSR count). The van der Waals surface area contributed by atoms with E-state index in [0.717, 1.165) is 18.4 Å². The maximum Gasteiger partial charge on any atom is 0.317 e. The van der Waals surface area contributed by atoms with Crippen LogP contribution in [-0.4, -0.2) is 41.1 Å². The molecule has 1 atom stereocenters. The number of aliphatic carboxylic acids is 1. The van der Waals surface area contributed by atoms with Gasteiger partial charge >= 0.3 is 12.0 Å². The van der Waals surface area contributed by atoms with Crippen LogP contribution >= 0.6 is 0 Å². The molecule has 1 aliphatic carbocycles. The van der Waals surface area contributed by atoms with Crippen molar-refractivity contribution in [3.8, 4) is 0 Å². The van der Waals surface area contributed by atoms with E-state index < -0.39 is 5.97 Å². The van der Waals surface area contributed by atoms with E-state index in [1.807, 2.05) is 37.4 Å². The van der Waals surface area contributed by atoms with Crippen LogP contribution in [0, 0.1) is 5.41 Å². The monoisotopic (exact) mass is 332 g/mol. The van der Waals surface area contributed by atoms with Crippen molar-refractivity contribution < 1.29 is 14.7 Å². The zero-order valence-electron chi connectivity index (χ0n) is 14.8. The number of benzene rings is 1. The van der Waals surface area contributed by atoms with Gasteiger partial charge in [0.05, 0.1) is 0 Å². The maximum atomic E-state index is 12.5. The van der Waals surface area contributed by atoms with Crippen molar-refractivity contribution in [2.24, 2.45) is 5.41 Å². The minimum Gasteiger partial charge on any atom is -0.481 e. The van der Waals surface area contributed by atoms with Gasteiger partial charge in [-0.05, 0) is 36.7 Å². The second-order valence-electron chi connectivity index (χ2n) is 7.61. The van der Waals surface area contributed by atoms with Gasteiger partial charge in [0.2, 0.25) is 0 Å². The normalized spacial score (nSPS) is 17.6. The Hall–Kier alpha value is -2.04. The Bertz CT molecular complexity index is 563. The van der Waals surface area contributed by atoms with Crippen LogP contribution in [0.5, 0.6) is 0 Å². The molecular weight excluding hydrogens is 304 g/mol. The van der Waals surface area contributed by atoms with Gasteiger partial charge < -0.3 is 15.3 Å². The lowest BCUT2D eigenvalue weighted by molar-refractivity contribution is -0.137. The molecule has 1 fully saturated rings. The Morgan fingerprint density at radius 2 is 1.92 bits per heavy atom. The van der Waals surface area contributed by atoms with Gasteiger partial charge in [-0.1, -0.05) is 44.2 Å². The number of rotatable bonds is 7. The summed E-state index contributed by atoms with van der Waals surface area (Å²) in [5.74, 6) is -0.837. The van der Waals surface area contributed by atoms with Crippen LogP contribution in [0.25, 0.3) is 0 Å². The van der Waals surface area contributed by atoms with E-state index in [1.165, 1.54) is 0 Å². The molecule has 0 spiro atoms. The van der Waals surface area contributed by atoms with E-state index in [-0.39, 0.29) is 24.5 Å². The Morgan fingerprint density at radius 3 is 2.46 bits per heavy atom. The lowest BCUT2D eigenvalue weighted by Gasteiger charge is -2.47. The average Bonchev–Trinajstić information content (AvgIpc) is 2.50. The van der Waals surface area contributed by atoms with E-state index in [0.29, 0.717) is 18.3 Å². The van der Waals surface area contributed by atoms with Crippen LogP contribution in [0.2, 0.25) is 0 Å². The first-order chi connectivity index (χ1) is 11.3. The predicted octanol–water partition coefficient (Wildman–Crippen LogP) is 3.29. The second kappa shape index (κ2) is 7.69. The zero-order valence-corrected chi connectivity index (χ0v) is 14.8. The van der Waals surface area contributed by atoms with E-state index in [2.05, 4.69) is 19.2 Å². The van der Waals surface area contributed by atoms with Gasteiger partial charge in [-0.3, -0.25) is 4.79 Å². The largest absolute Gasteiger partial charge is 0.481 e. The maximum absolute atomic E-state index is 12.5. The summed E-state index contributed by atoms with van der Waals surface area (Å²) in [6.45, 7) is 4.42. The number of hydrogen-bond donors (Lipinski definition) is 2. The Balaban J connectivity index is 1.93. The van der Waals surface area contributed by atoms with E-state index in [9.17, 15) is 9.59 Å². The van der Waals surface area contributed by atoms with E-state index in [4.69, 9.17) is 5.11 Å². The smallest absolute Gasteiger partial charge is 0.317 e. The third kappa shape index (κ3) is 5.25. The first kappa shape index (κ1) is 18.3. The first-order valence-corrected chi connectivity index (χ1v) is 8.56. The first-order valence-electron chi connectivity index (χ1n) is 8.56. The lowest BCUT2D eigenvalue weighted by Crippen LogP contribution is -2.54. The second-order valence-corrected chi connectivity index (χ2v) is 7.61. The van der Waals surface area contributed by atoms with Gasteiger partial charge in [0, 0.05) is 25.6 Å². The molecule has 0 aliphatic heterocycles. The fraction of sp³-hybridized carbons (Fsp3) is 0.579. The molecule has 1 unspecified atom stereocenters. The molecule has 0 heterocycles. The number of carboxylic acids is 1. The van der Waals surface area contributed by atoms with E-state index in [1.54, 1.807) is 4.90 Å². The molecule has 0 aromatic heterocycles. The number of nitrogens with zero attached hydrogens (tertiary/aromatic N) is 1. The van der Waals surface area contributed by atoms with Crippen molar-refractivity contribution in [2.75, 3.05) is 7.05 Å². The molecule has 132 valence electrons. The topological polar surface area (TPSA) is 69.6 Å². The minimum atomic E-state index is -0.837. The van der Waals surface area contributed by atoms with Gasteiger partial charge in [0.25, 0.3) is 0 Å². The van der Waals surface area contributed by atoms with Crippen molar-refractivity contribution in [3.05, 3.63) is 35.9 Å². The molecule has 1 aliphatic rings. The molecule has 2 N–H and O–H groups in total. The van der Waals surface area contributed by atoms with Crippen molar-refractivity contribution in [3.63, 3.8) is 0 Å². The van der Waals surface area contributed by atoms with Gasteiger partial charge in [0.1, 0.15) is 0 Å². The standard InChI is InChI=1S/C19H28N2O3/c1-19(2)12-16(13-19)21(3)18(24)20-15(9-10-17(22)23)11-14-7-5-4-6-8-14/h4-8,15-16H,9-13H2,1-3H3,(H,20,24)(H,22,23). The third-order valence-corrected chi connectivity index (χ3v) is 4.80. The Labute approximate surface area is 144 Å². The van der Waals surface area contributed by atoms with Gasteiger partial charge in [-0.2, -0.15) is 0 Å². The fourth-order valence-corrected chi connectivity index (χ4v) is 3.35. The molecule has 24 heavy (non-hydrogen) atoms. The number of nitrogens with one attached hydrogen (secondary N) is 1. The van der Waals surface area contributed by atoms with E-state index >= 15 is 0 Å². The molecule has 5 heteroatoms. The zero-order chi connectivity index (χ0) is 17.7. The molecular formula is C19H28N2O3. The summed E-state index contributed by atoms with van der Waals surface area (Å²) in [6, 6.07) is 9.84. The quantitative estimate of drug-likeness (QED) is 0.805. The molecule has 0 saturated heterocycles. The summed E-state index contributed by atoms with van der Waals surface area (Å²) < 4.78 is 0. The summed E-state index contributed by atoms with van der Waals surface area (Å²) >= 11 is 0. The average molecular weight is 332 g/mol. The molecule has 0 bridgehead atoms. The third-order valence-electron chi connectivity index (χ3n) is 4.80. The highest BCUT2D eigenvalue weighted by molar-refractivity contribution is 5.75. The number of carbonyl (C=O) groups is 2. The number of carbonyl (C=O) groups excluding carboxylic acids is 1. The molecule has 5 nitrogen and oxygen atoms in total. The summed E-state index contributed by atoms with van der Waals surface area (Å²) in [6.07, 6.45) is 3.15. The highest BCUT2D eigenvalue weighted by Crippen LogP contribution is 2.42. The number of carboxylic acid groups (broad SMARTS) is 1. The van der Waals surface area contributed by atoms with Crippen LogP contribution in [-0.2, 0) is 11.2 Å². The van der Waals surface area contributed by atoms with Crippen molar-refractivity contribution in [1.29, 1.82) is 0 Å². The highest BCUT2D eigenvalue weighted by Gasteiger charge is 2.40. The van der Waals surface area contributed by atoms with Crippen LogP contribution in [0.3, 0.4) is 0 Å². The van der Waals surface area contributed by atoms with Gasteiger partial charge in [0.15, 0.2) is 0 Å². The van der Waals surface area contributed by atoms with Gasteiger partial charge in [-0.25, -0.2) is 4.79 Å². The summed E-state index contributed by atoms with van der Waals surface area (Å²) in [7, 11) is 1.83. The highest BCUT2D eigenvalue weighted by atomic mass is 16.4. The minimum absolute atomic E-state index is 0.0535. The SMILES string of the molecule is CN(C(=O)NC(CCC(=O)O)Cc1ccccc1)C1CC(C)(C)C1. The Morgan fingerprint density at radius 1 is 1.29 bits per heavy atom. The predicted molar refractivity (Wildman–Crippen MR) is 93.9 cm³/mol. The number of amides is 2. The van der Waals surface area contributed by atoms with Crippen molar-refractivity contribution in [1.82, 2.24) is 10.2 Å². The van der Waals surface area contributed by atoms with Crippen molar-refractivity contribution in [2.45, 2.75) is 58.0 Å². The van der Waals surface area contributed by atoms with Crippen molar-refractivity contribution >= 4 is 12.0 Å². The van der Waals surface area contributed by atoms with Crippen LogP contribution in [0.4, 0.5) is 4.79 Å².